The van der Waals surface area contributed by atoms with Crippen molar-refractivity contribution < 1.29 is 27.9 Å². The molecule has 4 nitrogen and oxygen atoms in total. The van der Waals surface area contributed by atoms with E-state index >= 15 is 0 Å². The summed E-state index contributed by atoms with van der Waals surface area (Å²) in [5, 5.41) is 9.05. The lowest BCUT2D eigenvalue weighted by atomic mass is 9.85. The smallest absolute Gasteiger partial charge is 0.406 e. The molecular formula is C16H22F3NO3. The van der Waals surface area contributed by atoms with Gasteiger partial charge in [-0.15, -0.1) is 0 Å². The maximum Gasteiger partial charge on any atom is 0.406 e. The van der Waals surface area contributed by atoms with E-state index in [4.69, 9.17) is 5.11 Å². The molecule has 23 heavy (non-hydrogen) atoms. The molecule has 1 aliphatic heterocycles. The van der Waals surface area contributed by atoms with Gasteiger partial charge in [0.15, 0.2) is 5.41 Å². The molecule has 2 aliphatic carbocycles. The molecular weight excluding hydrogens is 311 g/mol. The molecule has 130 valence electrons. The van der Waals surface area contributed by atoms with Crippen molar-refractivity contribution in [2.24, 2.45) is 23.2 Å². The minimum Gasteiger partial charge on any atom is -0.481 e. The molecule has 3 aliphatic rings. The lowest BCUT2D eigenvalue weighted by Gasteiger charge is -2.27. The van der Waals surface area contributed by atoms with Crippen molar-refractivity contribution in [3.8, 4) is 0 Å². The molecule has 0 bridgehead atoms. The predicted molar refractivity (Wildman–Crippen MR) is 75.5 cm³/mol. The molecule has 1 amide bonds. The van der Waals surface area contributed by atoms with Gasteiger partial charge in [0.25, 0.3) is 0 Å². The van der Waals surface area contributed by atoms with E-state index in [9.17, 15) is 22.8 Å². The molecule has 1 N–H and O–H groups in total. The molecule has 1 heterocycles. The number of hydrogen-bond acceptors (Lipinski definition) is 2. The van der Waals surface area contributed by atoms with E-state index < -0.39 is 30.5 Å². The SMILES string of the molecule is O=C(C1CC1C1CCCCC1)N1CCC(C(=O)O)(C(F)(F)F)C1. The number of carbonyl (C=O) groups excluding carboxylic acids is 1. The Morgan fingerprint density at radius 2 is 1.78 bits per heavy atom. The molecule has 2 saturated carbocycles. The molecule has 3 fully saturated rings. The standard InChI is InChI=1S/C16H22F3NO3/c17-16(18,19)15(14(22)23)6-7-20(9-15)13(21)12-8-11(12)10-4-2-1-3-5-10/h10-12H,1-9H2,(H,22,23). The van der Waals surface area contributed by atoms with Crippen LogP contribution in [0.1, 0.15) is 44.9 Å². The van der Waals surface area contributed by atoms with Crippen molar-refractivity contribution in [1.82, 2.24) is 4.90 Å². The third kappa shape index (κ3) is 2.83. The highest BCUT2D eigenvalue weighted by molar-refractivity contribution is 5.84. The van der Waals surface area contributed by atoms with Gasteiger partial charge in [-0.05, 0) is 24.7 Å². The fourth-order valence-electron chi connectivity index (χ4n) is 4.34. The number of amides is 1. The van der Waals surface area contributed by atoms with E-state index in [0.29, 0.717) is 11.8 Å². The van der Waals surface area contributed by atoms with Gasteiger partial charge in [-0.25, -0.2) is 0 Å². The molecule has 0 aromatic rings. The maximum atomic E-state index is 13.2. The second kappa shape index (κ2) is 5.67. The highest BCUT2D eigenvalue weighted by Crippen LogP contribution is 2.52. The summed E-state index contributed by atoms with van der Waals surface area (Å²) >= 11 is 0. The third-order valence-corrected chi connectivity index (χ3v) is 5.95. The van der Waals surface area contributed by atoms with E-state index in [2.05, 4.69) is 0 Å². The Labute approximate surface area is 133 Å². The average molecular weight is 333 g/mol. The molecule has 0 radical (unpaired) electrons. The molecule has 0 aromatic heterocycles. The first-order chi connectivity index (χ1) is 10.8. The Morgan fingerprint density at radius 3 is 2.30 bits per heavy atom. The first-order valence-corrected chi connectivity index (χ1v) is 8.35. The van der Waals surface area contributed by atoms with Gasteiger partial charge < -0.3 is 10.0 Å². The first-order valence-electron chi connectivity index (χ1n) is 8.35. The topological polar surface area (TPSA) is 57.6 Å². The lowest BCUT2D eigenvalue weighted by Crippen LogP contribution is -2.48. The van der Waals surface area contributed by atoms with Gasteiger partial charge >= 0.3 is 12.1 Å². The largest absolute Gasteiger partial charge is 0.481 e. The Bertz CT molecular complexity index is 501. The number of carbonyl (C=O) groups is 2. The van der Waals surface area contributed by atoms with Gasteiger partial charge in [0.05, 0.1) is 0 Å². The van der Waals surface area contributed by atoms with Crippen LogP contribution in [0.25, 0.3) is 0 Å². The third-order valence-electron chi connectivity index (χ3n) is 5.95. The molecule has 0 spiro atoms. The van der Waals surface area contributed by atoms with Crippen molar-refractivity contribution >= 4 is 11.9 Å². The van der Waals surface area contributed by atoms with Gasteiger partial charge in [0.2, 0.25) is 5.91 Å². The number of rotatable bonds is 3. The summed E-state index contributed by atoms with van der Waals surface area (Å²) in [5.41, 5.74) is -2.79. The molecule has 3 rings (SSSR count). The van der Waals surface area contributed by atoms with E-state index in [0.717, 1.165) is 24.2 Å². The van der Waals surface area contributed by atoms with Crippen LogP contribution in [-0.2, 0) is 9.59 Å². The monoisotopic (exact) mass is 333 g/mol. The highest BCUT2D eigenvalue weighted by atomic mass is 19.4. The number of carboxylic acids is 1. The van der Waals surface area contributed by atoms with E-state index in [-0.39, 0.29) is 18.4 Å². The minimum absolute atomic E-state index is 0.113. The zero-order valence-electron chi connectivity index (χ0n) is 12.9. The van der Waals surface area contributed by atoms with Crippen molar-refractivity contribution in [2.45, 2.75) is 51.1 Å². The van der Waals surface area contributed by atoms with Crippen LogP contribution in [0.3, 0.4) is 0 Å². The van der Waals surface area contributed by atoms with Gasteiger partial charge in [-0.2, -0.15) is 13.2 Å². The van der Waals surface area contributed by atoms with Crippen LogP contribution < -0.4 is 0 Å². The summed E-state index contributed by atoms with van der Waals surface area (Å²) in [6.45, 7) is -0.850. The average Bonchev–Trinajstić information content (AvgIpc) is 3.15. The Balaban J connectivity index is 1.63. The van der Waals surface area contributed by atoms with Crippen LogP contribution in [0.15, 0.2) is 0 Å². The molecule has 1 saturated heterocycles. The second-order valence-electron chi connectivity index (χ2n) is 7.30. The first kappa shape index (κ1) is 16.6. The number of hydrogen-bond donors (Lipinski definition) is 1. The van der Waals surface area contributed by atoms with Crippen molar-refractivity contribution in [3.63, 3.8) is 0 Å². The van der Waals surface area contributed by atoms with Crippen molar-refractivity contribution in [2.75, 3.05) is 13.1 Å². The summed E-state index contributed by atoms with van der Waals surface area (Å²) in [5.74, 6) is -1.51. The summed E-state index contributed by atoms with van der Waals surface area (Å²) in [4.78, 5) is 24.8. The normalized spacial score (nSPS) is 35.3. The lowest BCUT2D eigenvalue weighted by molar-refractivity contribution is -0.227. The van der Waals surface area contributed by atoms with Crippen LogP contribution in [0.5, 0.6) is 0 Å². The van der Waals surface area contributed by atoms with Crippen LogP contribution >= 0.6 is 0 Å². The highest BCUT2D eigenvalue weighted by Gasteiger charge is 2.65. The Kier molecular flexibility index (Phi) is 4.09. The predicted octanol–water partition coefficient (Wildman–Crippen LogP) is 3.07. The number of halogens is 3. The number of aliphatic carboxylic acids is 1. The second-order valence-corrected chi connectivity index (χ2v) is 7.30. The van der Waals surface area contributed by atoms with Crippen LogP contribution in [-0.4, -0.2) is 41.1 Å². The van der Waals surface area contributed by atoms with Crippen LogP contribution in [0.4, 0.5) is 13.2 Å². The number of alkyl halides is 3. The maximum absolute atomic E-state index is 13.2. The summed E-state index contributed by atoms with van der Waals surface area (Å²) in [7, 11) is 0. The van der Waals surface area contributed by atoms with E-state index in [1.54, 1.807) is 0 Å². The van der Waals surface area contributed by atoms with Crippen LogP contribution in [0.2, 0.25) is 0 Å². The van der Waals surface area contributed by atoms with Crippen LogP contribution in [0, 0.1) is 23.2 Å². The van der Waals surface area contributed by atoms with E-state index in [1.165, 1.54) is 19.3 Å². The van der Waals surface area contributed by atoms with E-state index in [1.807, 2.05) is 0 Å². The van der Waals surface area contributed by atoms with Gasteiger partial charge in [0.1, 0.15) is 0 Å². The van der Waals surface area contributed by atoms with Gasteiger partial charge in [0, 0.05) is 19.0 Å². The summed E-state index contributed by atoms with van der Waals surface area (Å²) in [6.07, 6.45) is 1.15. The molecule has 0 aromatic carbocycles. The number of likely N-dealkylation sites (tertiary alicyclic amines) is 1. The van der Waals surface area contributed by atoms with Gasteiger partial charge in [-0.1, -0.05) is 32.1 Å². The fourth-order valence-corrected chi connectivity index (χ4v) is 4.34. The summed E-state index contributed by atoms with van der Waals surface area (Å²) in [6, 6.07) is 0. The van der Waals surface area contributed by atoms with Crippen molar-refractivity contribution in [1.29, 1.82) is 0 Å². The Hall–Kier alpha value is -1.27. The number of nitrogens with zero attached hydrogens (tertiary/aromatic N) is 1. The minimum atomic E-state index is -4.83. The molecule has 3 atom stereocenters. The number of carboxylic acid groups (broad SMARTS) is 1. The molecule has 3 unspecified atom stereocenters. The van der Waals surface area contributed by atoms with Crippen molar-refractivity contribution in [3.05, 3.63) is 0 Å². The zero-order valence-corrected chi connectivity index (χ0v) is 12.9. The quantitative estimate of drug-likeness (QED) is 0.863. The van der Waals surface area contributed by atoms with Gasteiger partial charge in [-0.3, -0.25) is 9.59 Å². The molecule has 7 heteroatoms. The summed E-state index contributed by atoms with van der Waals surface area (Å²) < 4.78 is 39.5. The zero-order chi connectivity index (χ0) is 16.8. The fraction of sp³-hybridized carbons (Fsp3) is 0.875. The Morgan fingerprint density at radius 1 is 1.13 bits per heavy atom.